The molecule has 0 saturated heterocycles. The summed E-state index contributed by atoms with van der Waals surface area (Å²) in [4.78, 5) is 0.897. The average Bonchev–Trinajstić information content (AvgIpc) is 2.68. The highest BCUT2D eigenvalue weighted by Crippen LogP contribution is 2.37. The number of hydrogen-bond acceptors (Lipinski definition) is 3. The largest absolute Gasteiger partial charge is 0.573 e. The van der Waals surface area contributed by atoms with Crippen molar-refractivity contribution in [2.24, 2.45) is 5.73 Å². The molecule has 0 aliphatic heterocycles. The van der Waals surface area contributed by atoms with E-state index in [0.29, 0.717) is 5.56 Å². The van der Waals surface area contributed by atoms with Gasteiger partial charge in [0, 0.05) is 9.35 Å². The van der Waals surface area contributed by atoms with Crippen LogP contribution in [0.1, 0.15) is 16.5 Å². The summed E-state index contributed by atoms with van der Waals surface area (Å²) in [5.41, 5.74) is 6.79. The SMILES string of the molecule is NC(c1ccc(OC(F)(F)F)cc1)c1cc(Br)c(Br)s1. The Morgan fingerprint density at radius 1 is 1.15 bits per heavy atom. The van der Waals surface area contributed by atoms with Crippen LogP contribution in [0.2, 0.25) is 0 Å². The lowest BCUT2D eigenvalue weighted by molar-refractivity contribution is -0.274. The van der Waals surface area contributed by atoms with Gasteiger partial charge in [0.05, 0.1) is 9.83 Å². The first-order valence-corrected chi connectivity index (χ1v) is 7.72. The van der Waals surface area contributed by atoms with Crippen molar-refractivity contribution < 1.29 is 17.9 Å². The van der Waals surface area contributed by atoms with Gasteiger partial charge in [0.1, 0.15) is 5.75 Å². The molecule has 0 saturated carbocycles. The van der Waals surface area contributed by atoms with Crippen LogP contribution >= 0.6 is 43.2 Å². The molecule has 0 aliphatic rings. The van der Waals surface area contributed by atoms with Crippen LogP contribution < -0.4 is 10.5 Å². The Kier molecular flexibility index (Phi) is 4.78. The first kappa shape index (κ1) is 15.8. The van der Waals surface area contributed by atoms with Gasteiger partial charge in [0.15, 0.2) is 0 Å². The summed E-state index contributed by atoms with van der Waals surface area (Å²) >= 11 is 8.20. The van der Waals surface area contributed by atoms with Crippen LogP contribution in [0.15, 0.2) is 38.6 Å². The highest BCUT2D eigenvalue weighted by atomic mass is 79.9. The molecule has 0 bridgehead atoms. The van der Waals surface area contributed by atoms with Crippen LogP contribution in [0, 0.1) is 0 Å². The highest BCUT2D eigenvalue weighted by Gasteiger charge is 2.31. The highest BCUT2D eigenvalue weighted by molar-refractivity contribution is 9.13. The zero-order valence-corrected chi connectivity index (χ0v) is 13.7. The summed E-state index contributed by atoms with van der Waals surface area (Å²) in [6, 6.07) is 7.02. The summed E-state index contributed by atoms with van der Waals surface area (Å²) in [7, 11) is 0. The number of hydrogen-bond donors (Lipinski definition) is 1. The Balaban J connectivity index is 2.17. The van der Waals surface area contributed by atoms with Gasteiger partial charge in [-0.2, -0.15) is 0 Å². The maximum absolute atomic E-state index is 12.1. The Labute approximate surface area is 134 Å². The molecule has 1 aromatic heterocycles. The minimum absolute atomic E-state index is 0.262. The average molecular weight is 431 g/mol. The number of thiophene rings is 1. The molecule has 1 unspecified atom stereocenters. The molecule has 0 fully saturated rings. The lowest BCUT2D eigenvalue weighted by Gasteiger charge is -2.12. The van der Waals surface area contributed by atoms with Gasteiger partial charge in [-0.15, -0.1) is 24.5 Å². The van der Waals surface area contributed by atoms with Crippen molar-refractivity contribution in [1.29, 1.82) is 0 Å². The van der Waals surface area contributed by atoms with E-state index in [1.54, 1.807) is 0 Å². The van der Waals surface area contributed by atoms with Crippen LogP contribution in [-0.4, -0.2) is 6.36 Å². The molecule has 20 heavy (non-hydrogen) atoms. The van der Waals surface area contributed by atoms with Crippen LogP contribution in [-0.2, 0) is 0 Å². The van der Waals surface area contributed by atoms with E-state index in [9.17, 15) is 13.2 Å². The third-order valence-electron chi connectivity index (χ3n) is 2.44. The van der Waals surface area contributed by atoms with Gasteiger partial charge in [-0.25, -0.2) is 0 Å². The summed E-state index contributed by atoms with van der Waals surface area (Å²) in [5.74, 6) is -0.262. The van der Waals surface area contributed by atoms with E-state index in [-0.39, 0.29) is 5.75 Å². The van der Waals surface area contributed by atoms with Gasteiger partial charge in [-0.3, -0.25) is 0 Å². The molecule has 2 nitrogen and oxygen atoms in total. The molecule has 1 atom stereocenters. The second-order valence-electron chi connectivity index (χ2n) is 3.86. The molecular formula is C12H8Br2F3NOS. The summed E-state index contributed by atoms with van der Waals surface area (Å²) in [5, 5.41) is 0. The normalized spacial score (nSPS) is 13.3. The number of halogens is 5. The first-order valence-electron chi connectivity index (χ1n) is 5.32. The zero-order chi connectivity index (χ0) is 14.9. The number of nitrogens with two attached hydrogens (primary N) is 1. The van der Waals surface area contributed by atoms with Gasteiger partial charge in [-0.05, 0) is 55.6 Å². The van der Waals surface area contributed by atoms with E-state index < -0.39 is 12.4 Å². The van der Waals surface area contributed by atoms with Gasteiger partial charge in [0.2, 0.25) is 0 Å². The van der Waals surface area contributed by atoms with Gasteiger partial charge in [0.25, 0.3) is 0 Å². The predicted octanol–water partition coefficient (Wildman–Crippen LogP) is 5.22. The standard InChI is InChI=1S/C12H8Br2F3NOS/c13-8-5-9(20-11(8)14)10(18)6-1-3-7(4-2-6)19-12(15,16)17/h1-5,10H,18H2. The van der Waals surface area contributed by atoms with Gasteiger partial charge in [-0.1, -0.05) is 12.1 Å². The van der Waals surface area contributed by atoms with Crippen molar-refractivity contribution in [2.75, 3.05) is 0 Å². The predicted molar refractivity (Wildman–Crippen MR) is 78.9 cm³/mol. The van der Waals surface area contributed by atoms with Crippen molar-refractivity contribution in [3.05, 3.63) is 49.0 Å². The molecule has 0 amide bonds. The van der Waals surface area contributed by atoms with Crippen LogP contribution in [0.5, 0.6) is 5.75 Å². The van der Waals surface area contributed by atoms with Gasteiger partial charge < -0.3 is 10.5 Å². The lowest BCUT2D eigenvalue weighted by atomic mass is 10.1. The molecule has 1 heterocycles. The van der Waals surface area contributed by atoms with Crippen LogP contribution in [0.25, 0.3) is 0 Å². The van der Waals surface area contributed by atoms with E-state index in [0.717, 1.165) is 13.1 Å². The van der Waals surface area contributed by atoms with Crippen LogP contribution in [0.4, 0.5) is 13.2 Å². The van der Waals surface area contributed by atoms with Crippen LogP contribution in [0.3, 0.4) is 0 Å². The number of ether oxygens (including phenoxy) is 1. The maximum Gasteiger partial charge on any atom is 0.573 e. The Hall–Kier alpha value is -0.570. The molecular weight excluding hydrogens is 423 g/mol. The third-order valence-corrected chi connectivity index (χ3v) is 5.78. The van der Waals surface area contributed by atoms with E-state index in [2.05, 4.69) is 36.6 Å². The summed E-state index contributed by atoms with van der Waals surface area (Å²) in [6.07, 6.45) is -4.69. The number of rotatable bonds is 3. The second kappa shape index (κ2) is 6.05. The van der Waals surface area contributed by atoms with E-state index in [1.165, 1.54) is 35.6 Å². The fourth-order valence-corrected chi connectivity index (χ4v) is 3.68. The molecule has 0 spiro atoms. The van der Waals surface area contributed by atoms with Crippen molar-refractivity contribution in [3.8, 4) is 5.75 Å². The fraction of sp³-hybridized carbons (Fsp3) is 0.167. The van der Waals surface area contributed by atoms with Crippen molar-refractivity contribution >= 4 is 43.2 Å². The Morgan fingerprint density at radius 3 is 2.20 bits per heavy atom. The molecule has 0 aliphatic carbocycles. The molecule has 8 heteroatoms. The van der Waals surface area contributed by atoms with E-state index in [1.807, 2.05) is 6.07 Å². The second-order valence-corrected chi connectivity index (χ2v) is 7.12. The van der Waals surface area contributed by atoms with Crippen molar-refractivity contribution in [3.63, 3.8) is 0 Å². The minimum Gasteiger partial charge on any atom is -0.406 e. The van der Waals surface area contributed by atoms with Crippen molar-refractivity contribution in [2.45, 2.75) is 12.4 Å². The molecule has 108 valence electrons. The molecule has 2 rings (SSSR count). The number of benzene rings is 1. The maximum atomic E-state index is 12.1. The quantitative estimate of drug-likeness (QED) is 0.724. The fourth-order valence-electron chi connectivity index (χ4n) is 1.56. The smallest absolute Gasteiger partial charge is 0.406 e. The zero-order valence-electron chi connectivity index (χ0n) is 9.75. The lowest BCUT2D eigenvalue weighted by Crippen LogP contribution is -2.17. The molecule has 2 N–H and O–H groups in total. The Bertz CT molecular complexity index is 578. The molecule has 0 radical (unpaired) electrons. The Morgan fingerprint density at radius 2 is 1.75 bits per heavy atom. The van der Waals surface area contributed by atoms with Crippen molar-refractivity contribution in [1.82, 2.24) is 0 Å². The molecule has 1 aromatic carbocycles. The van der Waals surface area contributed by atoms with E-state index in [4.69, 9.17) is 5.73 Å². The summed E-state index contributed by atoms with van der Waals surface area (Å²) in [6.45, 7) is 0. The third kappa shape index (κ3) is 3.97. The first-order chi connectivity index (χ1) is 9.26. The summed E-state index contributed by atoms with van der Waals surface area (Å²) < 4.78 is 41.8. The topological polar surface area (TPSA) is 35.2 Å². The van der Waals surface area contributed by atoms with Gasteiger partial charge >= 0.3 is 6.36 Å². The molecule has 2 aromatic rings. The monoisotopic (exact) mass is 429 g/mol. The minimum atomic E-state index is -4.69. The number of alkyl halides is 3. The van der Waals surface area contributed by atoms with E-state index >= 15 is 0 Å².